The molecule has 1 aromatic rings. The van der Waals surface area contributed by atoms with Gasteiger partial charge >= 0.3 is 5.97 Å². The molecule has 108 valence electrons. The van der Waals surface area contributed by atoms with Crippen LogP contribution < -0.4 is 0 Å². The second-order valence-electron chi connectivity index (χ2n) is 4.95. The molecule has 1 atom stereocenters. The van der Waals surface area contributed by atoms with Gasteiger partial charge in [0.15, 0.2) is 0 Å². The largest absolute Gasteiger partial charge is 0.481 e. The van der Waals surface area contributed by atoms with Crippen LogP contribution in [0.25, 0.3) is 0 Å². The van der Waals surface area contributed by atoms with Gasteiger partial charge in [0.1, 0.15) is 17.2 Å². The first-order chi connectivity index (χ1) is 9.41. The number of carboxylic acids is 1. The Hall–Kier alpha value is -1.98. The monoisotopic (exact) mass is 283 g/mol. The van der Waals surface area contributed by atoms with Crippen molar-refractivity contribution in [2.24, 2.45) is 0 Å². The van der Waals surface area contributed by atoms with E-state index >= 15 is 0 Å². The number of amides is 1. The molecule has 1 aliphatic heterocycles. The molecule has 20 heavy (non-hydrogen) atoms. The van der Waals surface area contributed by atoms with Crippen LogP contribution in [-0.4, -0.2) is 34.5 Å². The van der Waals surface area contributed by atoms with E-state index in [0.717, 1.165) is 6.07 Å². The molecular weight excluding hydrogens is 268 g/mol. The van der Waals surface area contributed by atoms with Gasteiger partial charge in [0.25, 0.3) is 5.91 Å². The molecule has 1 aliphatic rings. The molecule has 0 spiro atoms. The predicted octanol–water partition coefficient (Wildman–Crippen LogP) is 2.35. The number of aliphatic carboxylic acids is 1. The van der Waals surface area contributed by atoms with Gasteiger partial charge in [0.2, 0.25) is 0 Å². The number of hydrogen-bond donors (Lipinski definition) is 1. The zero-order valence-electron chi connectivity index (χ0n) is 11.0. The number of carboxylic acid groups (broad SMARTS) is 1. The summed E-state index contributed by atoms with van der Waals surface area (Å²) in [4.78, 5) is 24.3. The SMILES string of the molecule is Cc1ccc(F)c(C(=O)N2CCCC2CC(=O)O)c1F. The maximum absolute atomic E-state index is 14.0. The van der Waals surface area contributed by atoms with Crippen molar-refractivity contribution < 1.29 is 23.5 Å². The standard InChI is InChI=1S/C14H15F2NO3/c1-8-4-5-10(15)12(13(8)16)14(20)17-6-2-3-9(17)7-11(18)19/h4-5,9H,2-3,6-7H2,1H3,(H,18,19). The third-order valence-corrected chi connectivity index (χ3v) is 3.55. The summed E-state index contributed by atoms with van der Waals surface area (Å²) in [7, 11) is 0. The molecule has 1 heterocycles. The molecule has 0 radical (unpaired) electrons. The van der Waals surface area contributed by atoms with Crippen LogP contribution in [0.1, 0.15) is 35.2 Å². The van der Waals surface area contributed by atoms with E-state index in [0.29, 0.717) is 19.4 Å². The van der Waals surface area contributed by atoms with Crippen LogP contribution in [0.15, 0.2) is 12.1 Å². The lowest BCUT2D eigenvalue weighted by Crippen LogP contribution is -2.37. The molecule has 1 fully saturated rings. The van der Waals surface area contributed by atoms with Crippen molar-refractivity contribution in [1.82, 2.24) is 4.90 Å². The van der Waals surface area contributed by atoms with Gasteiger partial charge in [0.05, 0.1) is 6.42 Å². The van der Waals surface area contributed by atoms with Crippen LogP contribution in [0.2, 0.25) is 0 Å². The summed E-state index contributed by atoms with van der Waals surface area (Å²) in [6.07, 6.45) is 0.965. The number of hydrogen-bond acceptors (Lipinski definition) is 2. The first-order valence-electron chi connectivity index (χ1n) is 6.39. The number of nitrogens with zero attached hydrogens (tertiary/aromatic N) is 1. The number of aryl methyl sites for hydroxylation is 1. The van der Waals surface area contributed by atoms with E-state index in [9.17, 15) is 18.4 Å². The van der Waals surface area contributed by atoms with E-state index in [1.54, 1.807) is 0 Å². The molecule has 0 saturated carbocycles. The Morgan fingerprint density at radius 3 is 2.75 bits per heavy atom. The molecule has 0 bridgehead atoms. The molecule has 4 nitrogen and oxygen atoms in total. The minimum Gasteiger partial charge on any atom is -0.481 e. The first kappa shape index (κ1) is 14.4. The predicted molar refractivity (Wildman–Crippen MR) is 67.4 cm³/mol. The highest BCUT2D eigenvalue weighted by molar-refractivity contribution is 5.95. The Labute approximate surface area is 115 Å². The number of carbonyl (C=O) groups excluding carboxylic acids is 1. The van der Waals surface area contributed by atoms with Crippen molar-refractivity contribution in [2.45, 2.75) is 32.2 Å². The maximum Gasteiger partial charge on any atom is 0.305 e. The van der Waals surface area contributed by atoms with E-state index in [-0.39, 0.29) is 12.0 Å². The van der Waals surface area contributed by atoms with E-state index < -0.39 is 35.1 Å². The van der Waals surface area contributed by atoms with Crippen molar-refractivity contribution in [3.8, 4) is 0 Å². The smallest absolute Gasteiger partial charge is 0.305 e. The van der Waals surface area contributed by atoms with Crippen LogP contribution >= 0.6 is 0 Å². The van der Waals surface area contributed by atoms with Crippen LogP contribution in [0.5, 0.6) is 0 Å². The van der Waals surface area contributed by atoms with Crippen LogP contribution in [0.4, 0.5) is 8.78 Å². The molecule has 2 rings (SSSR count). The van der Waals surface area contributed by atoms with E-state index in [4.69, 9.17) is 5.11 Å². The van der Waals surface area contributed by atoms with Gasteiger partial charge in [-0.15, -0.1) is 0 Å². The van der Waals surface area contributed by atoms with Gasteiger partial charge in [0, 0.05) is 12.6 Å². The van der Waals surface area contributed by atoms with Gasteiger partial charge in [-0.05, 0) is 31.4 Å². The highest BCUT2D eigenvalue weighted by Crippen LogP contribution is 2.25. The third kappa shape index (κ3) is 2.64. The Balaban J connectivity index is 2.31. The molecule has 1 N–H and O–H groups in total. The minimum absolute atomic E-state index is 0.184. The van der Waals surface area contributed by atoms with Gasteiger partial charge in [-0.2, -0.15) is 0 Å². The topological polar surface area (TPSA) is 57.6 Å². The summed E-state index contributed by atoms with van der Waals surface area (Å²) in [5, 5.41) is 8.81. The van der Waals surface area contributed by atoms with Crippen molar-refractivity contribution in [2.75, 3.05) is 6.54 Å². The molecule has 1 unspecified atom stereocenters. The normalized spacial score (nSPS) is 18.4. The quantitative estimate of drug-likeness (QED) is 0.926. The average molecular weight is 283 g/mol. The molecule has 6 heteroatoms. The Bertz CT molecular complexity index is 560. The lowest BCUT2D eigenvalue weighted by molar-refractivity contribution is -0.137. The summed E-state index contributed by atoms with van der Waals surface area (Å²) in [6.45, 7) is 1.77. The number of carbonyl (C=O) groups is 2. The van der Waals surface area contributed by atoms with Gasteiger partial charge in [-0.1, -0.05) is 6.07 Å². The summed E-state index contributed by atoms with van der Waals surface area (Å²) in [5.41, 5.74) is -0.411. The summed E-state index contributed by atoms with van der Waals surface area (Å²) in [6, 6.07) is 1.81. The second-order valence-corrected chi connectivity index (χ2v) is 4.95. The minimum atomic E-state index is -1.03. The Morgan fingerprint density at radius 1 is 1.40 bits per heavy atom. The summed E-state index contributed by atoms with van der Waals surface area (Å²) in [5.74, 6) is -3.60. The van der Waals surface area contributed by atoms with Crippen LogP contribution in [0.3, 0.4) is 0 Å². The van der Waals surface area contributed by atoms with Crippen molar-refractivity contribution in [3.05, 3.63) is 34.9 Å². The lowest BCUT2D eigenvalue weighted by atomic mass is 10.1. The maximum atomic E-state index is 14.0. The fourth-order valence-corrected chi connectivity index (χ4v) is 2.51. The fourth-order valence-electron chi connectivity index (χ4n) is 2.51. The summed E-state index contributed by atoms with van der Waals surface area (Å²) >= 11 is 0. The van der Waals surface area contributed by atoms with Crippen molar-refractivity contribution in [3.63, 3.8) is 0 Å². The first-order valence-corrected chi connectivity index (χ1v) is 6.39. The molecule has 1 saturated heterocycles. The zero-order chi connectivity index (χ0) is 14.9. The number of likely N-dealkylation sites (tertiary alicyclic amines) is 1. The van der Waals surface area contributed by atoms with E-state index in [1.807, 2.05) is 0 Å². The van der Waals surface area contributed by atoms with Gasteiger partial charge in [-0.3, -0.25) is 9.59 Å². The molecule has 1 amide bonds. The van der Waals surface area contributed by atoms with Gasteiger partial charge in [-0.25, -0.2) is 8.78 Å². The van der Waals surface area contributed by atoms with Crippen molar-refractivity contribution in [1.29, 1.82) is 0 Å². The third-order valence-electron chi connectivity index (χ3n) is 3.55. The summed E-state index contributed by atoms with van der Waals surface area (Å²) < 4.78 is 27.7. The highest BCUT2D eigenvalue weighted by Gasteiger charge is 2.33. The zero-order valence-corrected chi connectivity index (χ0v) is 11.0. The van der Waals surface area contributed by atoms with E-state index in [2.05, 4.69) is 0 Å². The molecular formula is C14H15F2NO3. The van der Waals surface area contributed by atoms with Crippen molar-refractivity contribution >= 4 is 11.9 Å². The highest BCUT2D eigenvalue weighted by atomic mass is 19.1. The molecule has 0 aliphatic carbocycles. The van der Waals surface area contributed by atoms with Crippen LogP contribution in [-0.2, 0) is 4.79 Å². The Morgan fingerprint density at radius 2 is 2.10 bits per heavy atom. The average Bonchev–Trinajstić information content (AvgIpc) is 2.81. The second kappa shape index (κ2) is 5.56. The lowest BCUT2D eigenvalue weighted by Gasteiger charge is -2.24. The number of rotatable bonds is 3. The van der Waals surface area contributed by atoms with Crippen LogP contribution in [0, 0.1) is 18.6 Å². The molecule has 0 aromatic heterocycles. The number of halogens is 2. The van der Waals surface area contributed by atoms with E-state index in [1.165, 1.54) is 17.9 Å². The fraction of sp³-hybridized carbons (Fsp3) is 0.429. The van der Waals surface area contributed by atoms with Gasteiger partial charge < -0.3 is 10.0 Å². The Kier molecular flexibility index (Phi) is 4.01. The number of benzene rings is 1. The molecule has 1 aromatic carbocycles.